The Morgan fingerprint density at radius 1 is 1.20 bits per heavy atom. The van der Waals surface area contributed by atoms with Gasteiger partial charge in [-0.1, -0.05) is 35.0 Å². The topological polar surface area (TPSA) is 51.0 Å². The van der Waals surface area contributed by atoms with Crippen molar-refractivity contribution in [3.8, 4) is 11.4 Å². The number of nitrogens with one attached hydrogen (secondary N) is 1. The number of rotatable bonds is 3. The van der Waals surface area contributed by atoms with Crippen LogP contribution in [0.15, 0.2) is 28.8 Å². The van der Waals surface area contributed by atoms with Gasteiger partial charge < -0.3 is 9.84 Å². The van der Waals surface area contributed by atoms with E-state index in [-0.39, 0.29) is 0 Å². The van der Waals surface area contributed by atoms with Gasteiger partial charge in [-0.3, -0.25) is 0 Å². The molecule has 0 aliphatic carbocycles. The molecule has 1 aliphatic rings. The van der Waals surface area contributed by atoms with Crippen LogP contribution in [-0.4, -0.2) is 23.2 Å². The molecule has 4 nitrogen and oxygen atoms in total. The highest BCUT2D eigenvalue weighted by Gasteiger charge is 2.16. The fourth-order valence-corrected chi connectivity index (χ4v) is 2.70. The van der Waals surface area contributed by atoms with E-state index in [1.165, 1.54) is 24.8 Å². The summed E-state index contributed by atoms with van der Waals surface area (Å²) in [5, 5.41) is 7.54. The Kier molecular flexibility index (Phi) is 4.11. The summed E-state index contributed by atoms with van der Waals surface area (Å²) in [6, 6.07) is 8.23. The van der Waals surface area contributed by atoms with Gasteiger partial charge in [0.15, 0.2) is 0 Å². The minimum Gasteiger partial charge on any atom is -0.339 e. The average Bonchev–Trinajstić information content (AvgIpc) is 2.76. The number of nitrogens with zero attached hydrogens (tertiary/aromatic N) is 2. The molecule has 1 saturated heterocycles. The molecular weight excluding hydrogens is 250 g/mol. The van der Waals surface area contributed by atoms with Crippen molar-refractivity contribution in [3.63, 3.8) is 0 Å². The molecule has 1 aliphatic heterocycles. The summed E-state index contributed by atoms with van der Waals surface area (Å²) in [6.07, 6.45) is 4.58. The van der Waals surface area contributed by atoms with Crippen molar-refractivity contribution in [1.82, 2.24) is 15.5 Å². The number of aryl methyl sites for hydroxylation is 1. The Hall–Kier alpha value is -1.68. The predicted molar refractivity (Wildman–Crippen MR) is 78.4 cm³/mol. The van der Waals surface area contributed by atoms with E-state index in [1.807, 2.05) is 12.1 Å². The zero-order valence-electron chi connectivity index (χ0n) is 11.9. The first kappa shape index (κ1) is 13.3. The highest BCUT2D eigenvalue weighted by Crippen LogP contribution is 2.21. The Bertz CT molecular complexity index is 539. The first-order valence-electron chi connectivity index (χ1n) is 7.41. The van der Waals surface area contributed by atoms with Gasteiger partial charge >= 0.3 is 0 Å². The van der Waals surface area contributed by atoms with Crippen LogP contribution in [0, 0.1) is 12.8 Å². The lowest BCUT2D eigenvalue weighted by atomic mass is 9.97. The second-order valence-electron chi connectivity index (χ2n) is 5.63. The fraction of sp³-hybridized carbons (Fsp3) is 0.500. The monoisotopic (exact) mass is 271 g/mol. The van der Waals surface area contributed by atoms with Crippen LogP contribution in [0.2, 0.25) is 0 Å². The van der Waals surface area contributed by atoms with Crippen LogP contribution in [0.3, 0.4) is 0 Å². The molecular formula is C16H21N3O. The van der Waals surface area contributed by atoms with Gasteiger partial charge in [-0.15, -0.1) is 0 Å². The van der Waals surface area contributed by atoms with Gasteiger partial charge in [0.1, 0.15) is 0 Å². The summed E-state index contributed by atoms with van der Waals surface area (Å²) in [7, 11) is 0. The van der Waals surface area contributed by atoms with E-state index in [0.717, 1.165) is 31.0 Å². The number of benzene rings is 1. The van der Waals surface area contributed by atoms with Crippen LogP contribution in [-0.2, 0) is 6.42 Å². The molecule has 0 radical (unpaired) electrons. The van der Waals surface area contributed by atoms with Crippen LogP contribution in [0.5, 0.6) is 0 Å². The minimum atomic E-state index is 0.663. The molecule has 106 valence electrons. The summed E-state index contributed by atoms with van der Waals surface area (Å²) in [6.45, 7) is 4.31. The molecule has 1 aromatic heterocycles. The van der Waals surface area contributed by atoms with Gasteiger partial charge in [0, 0.05) is 12.0 Å². The van der Waals surface area contributed by atoms with E-state index in [0.29, 0.717) is 11.7 Å². The van der Waals surface area contributed by atoms with Gasteiger partial charge in [-0.05, 0) is 45.2 Å². The lowest BCUT2D eigenvalue weighted by Gasteiger charge is -2.09. The molecule has 20 heavy (non-hydrogen) atoms. The van der Waals surface area contributed by atoms with Crippen LogP contribution in [0.4, 0.5) is 0 Å². The summed E-state index contributed by atoms with van der Waals surface area (Å²) < 4.78 is 5.41. The standard InChI is InChI=1S/C16H21N3O/c1-12-4-6-14(7-5-12)16-18-15(20-19-16)11-13-3-2-9-17-10-8-13/h4-7,13,17H,2-3,8-11H2,1H3. The van der Waals surface area contributed by atoms with Crippen molar-refractivity contribution in [2.45, 2.75) is 32.6 Å². The van der Waals surface area contributed by atoms with Crippen molar-refractivity contribution in [1.29, 1.82) is 0 Å². The fourth-order valence-electron chi connectivity index (χ4n) is 2.70. The first-order valence-corrected chi connectivity index (χ1v) is 7.41. The molecule has 0 amide bonds. The summed E-state index contributed by atoms with van der Waals surface area (Å²) >= 11 is 0. The van der Waals surface area contributed by atoms with Gasteiger partial charge in [0.2, 0.25) is 11.7 Å². The van der Waals surface area contributed by atoms with Crippen LogP contribution in [0.1, 0.15) is 30.7 Å². The summed E-state index contributed by atoms with van der Waals surface area (Å²) in [5.41, 5.74) is 2.26. The van der Waals surface area contributed by atoms with E-state index < -0.39 is 0 Å². The van der Waals surface area contributed by atoms with E-state index in [2.05, 4.69) is 34.5 Å². The third-order valence-corrected chi connectivity index (χ3v) is 3.94. The maximum absolute atomic E-state index is 5.41. The number of hydrogen-bond donors (Lipinski definition) is 1. The summed E-state index contributed by atoms with van der Waals surface area (Å²) in [4.78, 5) is 4.54. The highest BCUT2D eigenvalue weighted by atomic mass is 16.5. The Balaban J connectivity index is 1.68. The maximum atomic E-state index is 5.41. The molecule has 2 heterocycles. The van der Waals surface area contributed by atoms with Crippen molar-refractivity contribution >= 4 is 0 Å². The number of hydrogen-bond acceptors (Lipinski definition) is 4. The van der Waals surface area contributed by atoms with Crippen molar-refractivity contribution in [3.05, 3.63) is 35.7 Å². The van der Waals surface area contributed by atoms with E-state index in [1.54, 1.807) is 0 Å². The molecule has 0 saturated carbocycles. The Morgan fingerprint density at radius 2 is 2.05 bits per heavy atom. The quantitative estimate of drug-likeness (QED) is 0.932. The summed E-state index contributed by atoms with van der Waals surface area (Å²) in [5.74, 6) is 2.13. The average molecular weight is 271 g/mol. The Morgan fingerprint density at radius 3 is 2.90 bits per heavy atom. The smallest absolute Gasteiger partial charge is 0.227 e. The second-order valence-corrected chi connectivity index (χ2v) is 5.63. The van der Waals surface area contributed by atoms with Gasteiger partial charge in [0.05, 0.1) is 0 Å². The lowest BCUT2D eigenvalue weighted by molar-refractivity contribution is 0.341. The molecule has 1 aromatic carbocycles. The van der Waals surface area contributed by atoms with Crippen LogP contribution in [0.25, 0.3) is 11.4 Å². The SMILES string of the molecule is Cc1ccc(-c2noc(CC3CCCNCC3)n2)cc1. The Labute approximate surface area is 119 Å². The molecule has 1 fully saturated rings. The van der Waals surface area contributed by atoms with Gasteiger partial charge in [-0.2, -0.15) is 4.98 Å². The molecule has 0 bridgehead atoms. The highest BCUT2D eigenvalue weighted by molar-refractivity contribution is 5.54. The molecule has 1 atom stereocenters. The van der Waals surface area contributed by atoms with Crippen molar-refractivity contribution in [2.24, 2.45) is 5.92 Å². The molecule has 1 N–H and O–H groups in total. The van der Waals surface area contributed by atoms with Gasteiger partial charge in [-0.25, -0.2) is 0 Å². The van der Waals surface area contributed by atoms with Crippen LogP contribution >= 0.6 is 0 Å². The van der Waals surface area contributed by atoms with E-state index in [4.69, 9.17) is 4.52 Å². The van der Waals surface area contributed by atoms with Crippen LogP contribution < -0.4 is 5.32 Å². The van der Waals surface area contributed by atoms with Gasteiger partial charge in [0.25, 0.3) is 0 Å². The molecule has 4 heteroatoms. The van der Waals surface area contributed by atoms with E-state index >= 15 is 0 Å². The first-order chi connectivity index (χ1) is 9.81. The zero-order valence-corrected chi connectivity index (χ0v) is 11.9. The zero-order chi connectivity index (χ0) is 13.8. The number of aromatic nitrogens is 2. The molecule has 3 rings (SSSR count). The van der Waals surface area contributed by atoms with E-state index in [9.17, 15) is 0 Å². The van der Waals surface area contributed by atoms with Crippen molar-refractivity contribution < 1.29 is 4.52 Å². The minimum absolute atomic E-state index is 0.663. The third kappa shape index (κ3) is 3.25. The lowest BCUT2D eigenvalue weighted by Crippen LogP contribution is -2.14. The van der Waals surface area contributed by atoms with Crippen molar-refractivity contribution in [2.75, 3.05) is 13.1 Å². The maximum Gasteiger partial charge on any atom is 0.227 e. The third-order valence-electron chi connectivity index (χ3n) is 3.94. The molecule has 2 aromatic rings. The molecule has 1 unspecified atom stereocenters. The molecule has 0 spiro atoms. The second kappa shape index (κ2) is 6.18. The predicted octanol–water partition coefficient (Wildman–Crippen LogP) is 2.98. The normalized spacial score (nSPS) is 19.8. The largest absolute Gasteiger partial charge is 0.339 e.